The van der Waals surface area contributed by atoms with Crippen LogP contribution in [0.4, 0.5) is 0 Å². The lowest BCUT2D eigenvalue weighted by atomic mass is 10.2. The highest BCUT2D eigenvalue weighted by Crippen LogP contribution is 2.45. The minimum Gasteiger partial charge on any atom is -0.484 e. The van der Waals surface area contributed by atoms with Crippen LogP contribution >= 0.6 is 11.3 Å². The van der Waals surface area contributed by atoms with Gasteiger partial charge in [-0.05, 0) is 6.92 Å². The van der Waals surface area contributed by atoms with Crippen LogP contribution in [-0.2, 0) is 9.47 Å². The number of rotatable bonds is 3. The minimum atomic E-state index is -0.602. The summed E-state index contributed by atoms with van der Waals surface area (Å²) in [4.78, 5) is 23.8. The fraction of sp³-hybridized carbons (Fsp3) is 0.500. The summed E-state index contributed by atoms with van der Waals surface area (Å²) in [6, 6.07) is -0.282. The first-order valence-electron chi connectivity index (χ1n) is 5.88. The van der Waals surface area contributed by atoms with Crippen molar-refractivity contribution in [3.8, 4) is 11.5 Å². The molecule has 2 N–H and O–H groups in total. The quantitative estimate of drug-likeness (QED) is 0.825. The molecule has 0 radical (unpaired) electrons. The van der Waals surface area contributed by atoms with Gasteiger partial charge in [-0.25, -0.2) is 9.59 Å². The molecule has 0 aliphatic carbocycles. The Hall–Kier alpha value is -1.80. The Morgan fingerprint density at radius 2 is 1.80 bits per heavy atom. The van der Waals surface area contributed by atoms with Gasteiger partial charge in [-0.1, -0.05) is 0 Å². The average Bonchev–Trinajstić information content (AvgIpc) is 2.84. The number of fused-ring (bicyclic) bond motifs is 1. The number of thiophene rings is 1. The van der Waals surface area contributed by atoms with E-state index in [4.69, 9.17) is 15.2 Å². The van der Waals surface area contributed by atoms with E-state index >= 15 is 0 Å². The summed E-state index contributed by atoms with van der Waals surface area (Å²) in [7, 11) is 2.50. The number of carbonyl (C=O) groups excluding carboxylic acids is 2. The maximum absolute atomic E-state index is 11.8. The third-order valence-electron chi connectivity index (χ3n) is 2.81. The molecule has 2 rings (SSSR count). The molecule has 0 saturated heterocycles. The standard InChI is InChI=1S/C12H15NO6S/c1-5(13)6-4-18-7-8(19-6)10(12(15)17-3)20-9(7)11(14)16-2/h5-6H,4,13H2,1-3H3. The largest absolute Gasteiger partial charge is 0.484 e. The lowest BCUT2D eigenvalue weighted by Crippen LogP contribution is -2.43. The van der Waals surface area contributed by atoms with Gasteiger partial charge >= 0.3 is 11.9 Å². The molecule has 0 spiro atoms. The predicted octanol–water partition coefficient (Wildman–Crippen LogP) is 0.808. The summed E-state index contributed by atoms with van der Waals surface area (Å²) in [5.41, 5.74) is 5.77. The Bertz CT molecular complexity index is 538. The molecule has 0 bridgehead atoms. The maximum atomic E-state index is 11.8. The van der Waals surface area contributed by atoms with E-state index in [0.717, 1.165) is 11.3 Å². The molecule has 7 nitrogen and oxygen atoms in total. The number of ether oxygens (including phenoxy) is 4. The third-order valence-corrected chi connectivity index (χ3v) is 3.92. The molecule has 0 amide bonds. The van der Waals surface area contributed by atoms with Crippen molar-refractivity contribution in [2.45, 2.75) is 19.1 Å². The number of esters is 2. The molecule has 1 aliphatic rings. The molecule has 0 fully saturated rings. The Morgan fingerprint density at radius 3 is 2.30 bits per heavy atom. The average molecular weight is 301 g/mol. The fourth-order valence-corrected chi connectivity index (χ4v) is 2.72. The van der Waals surface area contributed by atoms with Gasteiger partial charge < -0.3 is 24.7 Å². The van der Waals surface area contributed by atoms with E-state index in [0.29, 0.717) is 0 Å². The van der Waals surface area contributed by atoms with E-state index in [1.165, 1.54) is 14.2 Å². The normalized spacial score (nSPS) is 18.3. The second kappa shape index (κ2) is 5.68. The molecule has 1 aliphatic heterocycles. The minimum absolute atomic E-state index is 0.160. The van der Waals surface area contributed by atoms with E-state index in [-0.39, 0.29) is 33.9 Å². The van der Waals surface area contributed by atoms with E-state index in [9.17, 15) is 9.59 Å². The van der Waals surface area contributed by atoms with Crippen LogP contribution in [0.25, 0.3) is 0 Å². The molecule has 110 valence electrons. The molecule has 0 aromatic carbocycles. The first-order valence-corrected chi connectivity index (χ1v) is 6.69. The van der Waals surface area contributed by atoms with Crippen LogP contribution in [0, 0.1) is 0 Å². The summed E-state index contributed by atoms with van der Waals surface area (Å²) in [6.07, 6.45) is -0.397. The Kier molecular flexibility index (Phi) is 4.15. The van der Waals surface area contributed by atoms with Crippen molar-refractivity contribution in [3.05, 3.63) is 9.75 Å². The van der Waals surface area contributed by atoms with E-state index in [2.05, 4.69) is 9.47 Å². The van der Waals surface area contributed by atoms with Crippen LogP contribution in [0.3, 0.4) is 0 Å². The number of methoxy groups -OCH3 is 2. The highest BCUT2D eigenvalue weighted by atomic mass is 32.1. The number of hydrogen-bond acceptors (Lipinski definition) is 8. The summed E-state index contributed by atoms with van der Waals surface area (Å²) in [5.74, 6) is -0.797. The zero-order chi connectivity index (χ0) is 14.9. The zero-order valence-electron chi connectivity index (χ0n) is 11.3. The third kappa shape index (κ3) is 2.44. The van der Waals surface area contributed by atoms with Gasteiger partial charge in [-0.2, -0.15) is 0 Å². The van der Waals surface area contributed by atoms with Gasteiger partial charge in [0.15, 0.2) is 21.3 Å². The van der Waals surface area contributed by atoms with Gasteiger partial charge in [-0.3, -0.25) is 0 Å². The molecule has 2 unspecified atom stereocenters. The summed E-state index contributed by atoms with van der Waals surface area (Å²) >= 11 is 0.915. The SMILES string of the molecule is COC(=O)c1sc(C(=O)OC)c2c1OCC(C(C)N)O2. The molecule has 2 heterocycles. The van der Waals surface area contributed by atoms with Gasteiger partial charge in [0, 0.05) is 6.04 Å². The highest BCUT2D eigenvalue weighted by Gasteiger charge is 2.36. The van der Waals surface area contributed by atoms with Crippen LogP contribution in [0.1, 0.15) is 26.3 Å². The number of nitrogens with two attached hydrogens (primary N) is 1. The summed E-state index contributed by atoms with van der Waals surface area (Å²) in [6.45, 7) is 1.97. The smallest absolute Gasteiger partial charge is 0.352 e. The van der Waals surface area contributed by atoms with E-state index in [1.54, 1.807) is 6.92 Å². The van der Waals surface area contributed by atoms with Crippen LogP contribution in [0.15, 0.2) is 0 Å². The predicted molar refractivity (Wildman–Crippen MR) is 70.6 cm³/mol. The second-order valence-corrected chi connectivity index (χ2v) is 5.25. The Morgan fingerprint density at radius 1 is 1.25 bits per heavy atom. The van der Waals surface area contributed by atoms with Gasteiger partial charge in [-0.15, -0.1) is 11.3 Å². The lowest BCUT2D eigenvalue weighted by molar-refractivity contribution is 0.0532. The number of carbonyl (C=O) groups is 2. The maximum Gasteiger partial charge on any atom is 0.352 e. The summed E-state index contributed by atoms with van der Waals surface area (Å²) in [5, 5.41) is 0. The molecule has 20 heavy (non-hydrogen) atoms. The topological polar surface area (TPSA) is 97.1 Å². The lowest BCUT2D eigenvalue weighted by Gasteiger charge is -2.27. The van der Waals surface area contributed by atoms with Crippen LogP contribution in [0.2, 0.25) is 0 Å². The van der Waals surface area contributed by atoms with E-state index < -0.39 is 18.0 Å². The van der Waals surface area contributed by atoms with Crippen molar-refractivity contribution < 1.29 is 28.5 Å². The van der Waals surface area contributed by atoms with Crippen molar-refractivity contribution in [2.75, 3.05) is 20.8 Å². The van der Waals surface area contributed by atoms with Crippen LogP contribution in [0.5, 0.6) is 11.5 Å². The van der Waals surface area contributed by atoms with Gasteiger partial charge in [0.1, 0.15) is 12.7 Å². The van der Waals surface area contributed by atoms with Gasteiger partial charge in [0.25, 0.3) is 0 Å². The van der Waals surface area contributed by atoms with Crippen molar-refractivity contribution in [3.63, 3.8) is 0 Å². The molecule has 1 aromatic heterocycles. The fourth-order valence-electron chi connectivity index (χ4n) is 1.70. The Labute approximate surface area is 119 Å². The van der Waals surface area contributed by atoms with Crippen molar-refractivity contribution in [1.29, 1.82) is 0 Å². The molecule has 8 heteroatoms. The van der Waals surface area contributed by atoms with Gasteiger partial charge in [0.2, 0.25) is 0 Å². The molecular formula is C12H15NO6S. The van der Waals surface area contributed by atoms with E-state index in [1.807, 2.05) is 0 Å². The van der Waals surface area contributed by atoms with Crippen molar-refractivity contribution >= 4 is 23.3 Å². The molecule has 2 atom stereocenters. The molecule has 0 saturated carbocycles. The summed E-state index contributed by atoms with van der Waals surface area (Å²) < 4.78 is 20.5. The Balaban J connectivity index is 2.47. The van der Waals surface area contributed by atoms with Crippen LogP contribution in [-0.4, -0.2) is 44.9 Å². The van der Waals surface area contributed by atoms with Crippen molar-refractivity contribution in [2.24, 2.45) is 5.73 Å². The molecular weight excluding hydrogens is 286 g/mol. The van der Waals surface area contributed by atoms with Gasteiger partial charge in [0.05, 0.1) is 14.2 Å². The molecule has 1 aromatic rings. The van der Waals surface area contributed by atoms with Crippen molar-refractivity contribution in [1.82, 2.24) is 0 Å². The van der Waals surface area contributed by atoms with Crippen LogP contribution < -0.4 is 15.2 Å². The number of hydrogen-bond donors (Lipinski definition) is 1. The first-order chi connectivity index (χ1) is 9.49. The monoisotopic (exact) mass is 301 g/mol. The first kappa shape index (κ1) is 14.6. The highest BCUT2D eigenvalue weighted by molar-refractivity contribution is 7.16. The zero-order valence-corrected chi connectivity index (χ0v) is 12.1. The second-order valence-electron chi connectivity index (χ2n) is 4.23.